The molecule has 0 saturated heterocycles. The Morgan fingerprint density at radius 3 is 2.39 bits per heavy atom. The lowest BCUT2D eigenvalue weighted by atomic mass is 10.2. The maximum atomic E-state index is 12.8. The zero-order valence-corrected chi connectivity index (χ0v) is 9.34. The van der Waals surface area contributed by atoms with Crippen molar-refractivity contribution in [2.45, 2.75) is 0 Å². The Labute approximate surface area is 103 Å². The van der Waals surface area contributed by atoms with Crippen LogP contribution in [-0.2, 0) is 0 Å². The normalized spacial score (nSPS) is 10.5. The number of aromatic amines is 1. The van der Waals surface area contributed by atoms with E-state index in [9.17, 15) is 4.39 Å². The first kappa shape index (κ1) is 10.6. The lowest BCUT2D eigenvalue weighted by Crippen LogP contribution is -1.86. The molecular formula is C13H9FN4. The monoisotopic (exact) mass is 240 g/mol. The molecule has 0 bridgehead atoms. The van der Waals surface area contributed by atoms with Gasteiger partial charge in [0.05, 0.1) is 6.20 Å². The van der Waals surface area contributed by atoms with Crippen molar-refractivity contribution in [3.05, 3.63) is 54.7 Å². The topological polar surface area (TPSA) is 54.5 Å². The minimum atomic E-state index is -0.267. The van der Waals surface area contributed by atoms with Crippen molar-refractivity contribution < 1.29 is 4.39 Å². The molecule has 1 N–H and O–H groups in total. The molecule has 0 atom stereocenters. The first-order chi connectivity index (χ1) is 8.83. The number of imidazole rings is 1. The Bertz CT molecular complexity index is 646. The molecule has 0 amide bonds. The van der Waals surface area contributed by atoms with Crippen molar-refractivity contribution >= 4 is 0 Å². The Hall–Kier alpha value is -2.56. The minimum absolute atomic E-state index is 0.267. The van der Waals surface area contributed by atoms with Crippen molar-refractivity contribution in [2.75, 3.05) is 0 Å². The minimum Gasteiger partial charge on any atom is -0.335 e. The van der Waals surface area contributed by atoms with E-state index in [1.807, 2.05) is 0 Å². The van der Waals surface area contributed by atoms with Crippen molar-refractivity contribution in [3.63, 3.8) is 0 Å². The van der Waals surface area contributed by atoms with Gasteiger partial charge >= 0.3 is 0 Å². The molecule has 0 aliphatic carbocycles. The summed E-state index contributed by atoms with van der Waals surface area (Å²) >= 11 is 0. The Morgan fingerprint density at radius 1 is 0.944 bits per heavy atom. The smallest absolute Gasteiger partial charge is 0.177 e. The fourth-order valence-electron chi connectivity index (χ4n) is 1.63. The lowest BCUT2D eigenvalue weighted by molar-refractivity contribution is 0.628. The van der Waals surface area contributed by atoms with Crippen LogP contribution in [0.15, 0.2) is 48.9 Å². The molecule has 3 aromatic rings. The summed E-state index contributed by atoms with van der Waals surface area (Å²) in [5, 5.41) is 0. The molecule has 5 heteroatoms. The van der Waals surface area contributed by atoms with Gasteiger partial charge < -0.3 is 4.98 Å². The molecule has 0 aliphatic rings. The van der Waals surface area contributed by atoms with E-state index >= 15 is 0 Å². The van der Waals surface area contributed by atoms with Crippen molar-refractivity contribution in [2.24, 2.45) is 0 Å². The average Bonchev–Trinajstić information content (AvgIpc) is 2.90. The van der Waals surface area contributed by atoms with Gasteiger partial charge in [-0.2, -0.15) is 0 Å². The third kappa shape index (κ3) is 1.98. The van der Waals surface area contributed by atoms with Crippen LogP contribution in [0.2, 0.25) is 0 Å². The number of halogens is 1. The largest absolute Gasteiger partial charge is 0.335 e. The Balaban J connectivity index is 1.97. The molecule has 0 unspecified atom stereocenters. The van der Waals surface area contributed by atoms with E-state index in [4.69, 9.17) is 0 Å². The molecule has 0 fully saturated rings. The van der Waals surface area contributed by atoms with E-state index in [0.29, 0.717) is 11.6 Å². The summed E-state index contributed by atoms with van der Waals surface area (Å²) in [5.74, 6) is 0.979. The third-order valence-electron chi connectivity index (χ3n) is 2.50. The molecule has 0 spiro atoms. The molecule has 1 aromatic carbocycles. The summed E-state index contributed by atoms with van der Waals surface area (Å²) in [6.07, 6.45) is 5.00. The van der Waals surface area contributed by atoms with E-state index < -0.39 is 0 Å². The van der Waals surface area contributed by atoms with Gasteiger partial charge in [0, 0.05) is 18.0 Å². The third-order valence-corrected chi connectivity index (χ3v) is 2.50. The number of aromatic nitrogens is 4. The van der Waals surface area contributed by atoms with Crippen LogP contribution in [0.1, 0.15) is 0 Å². The average molecular weight is 240 g/mol. The van der Waals surface area contributed by atoms with Gasteiger partial charge in [-0.3, -0.25) is 0 Å². The highest BCUT2D eigenvalue weighted by molar-refractivity contribution is 5.59. The highest BCUT2D eigenvalue weighted by atomic mass is 19.1. The van der Waals surface area contributed by atoms with Crippen LogP contribution < -0.4 is 0 Å². The maximum absolute atomic E-state index is 12.8. The summed E-state index contributed by atoms with van der Waals surface area (Å²) < 4.78 is 12.8. The van der Waals surface area contributed by atoms with Crippen molar-refractivity contribution in [1.82, 2.24) is 19.9 Å². The molecule has 3 rings (SSSR count). The van der Waals surface area contributed by atoms with E-state index in [0.717, 1.165) is 11.3 Å². The number of rotatable bonds is 2. The highest BCUT2D eigenvalue weighted by Crippen LogP contribution is 2.19. The fraction of sp³-hybridized carbons (Fsp3) is 0. The van der Waals surface area contributed by atoms with Gasteiger partial charge in [-0.25, -0.2) is 19.3 Å². The molecule has 2 heterocycles. The Morgan fingerprint density at radius 2 is 1.67 bits per heavy atom. The zero-order valence-electron chi connectivity index (χ0n) is 9.34. The van der Waals surface area contributed by atoms with Crippen LogP contribution in [-0.4, -0.2) is 19.9 Å². The van der Waals surface area contributed by atoms with Crippen LogP contribution in [0.4, 0.5) is 4.39 Å². The summed E-state index contributed by atoms with van der Waals surface area (Å²) in [5.41, 5.74) is 1.55. The predicted octanol–water partition coefficient (Wildman–Crippen LogP) is 2.67. The van der Waals surface area contributed by atoms with Crippen LogP contribution in [0.5, 0.6) is 0 Å². The first-order valence-electron chi connectivity index (χ1n) is 5.41. The van der Waals surface area contributed by atoms with Gasteiger partial charge in [0.1, 0.15) is 17.3 Å². The zero-order chi connectivity index (χ0) is 12.4. The van der Waals surface area contributed by atoms with Crippen molar-refractivity contribution in [1.29, 1.82) is 0 Å². The summed E-state index contributed by atoms with van der Waals surface area (Å²) in [6.45, 7) is 0. The highest BCUT2D eigenvalue weighted by Gasteiger charge is 2.06. The first-order valence-corrected chi connectivity index (χ1v) is 5.41. The second-order valence-corrected chi connectivity index (χ2v) is 3.72. The molecule has 0 saturated carbocycles. The number of nitrogens with one attached hydrogen (secondary N) is 1. The van der Waals surface area contributed by atoms with Crippen LogP contribution >= 0.6 is 0 Å². The van der Waals surface area contributed by atoms with Crippen LogP contribution in [0.25, 0.3) is 22.9 Å². The molecule has 0 radical (unpaired) electrons. The van der Waals surface area contributed by atoms with Crippen LogP contribution in [0.3, 0.4) is 0 Å². The van der Waals surface area contributed by atoms with Gasteiger partial charge in [0.2, 0.25) is 0 Å². The van der Waals surface area contributed by atoms with E-state index in [2.05, 4.69) is 19.9 Å². The number of hydrogen-bond acceptors (Lipinski definition) is 3. The number of benzene rings is 1. The molecule has 4 nitrogen and oxygen atoms in total. The van der Waals surface area contributed by atoms with Gasteiger partial charge in [-0.05, 0) is 30.3 Å². The summed E-state index contributed by atoms with van der Waals surface area (Å²) in [6, 6.07) is 7.89. The maximum Gasteiger partial charge on any atom is 0.177 e. The Kier molecular flexibility index (Phi) is 2.57. The van der Waals surface area contributed by atoms with Gasteiger partial charge in [-0.15, -0.1) is 0 Å². The lowest BCUT2D eigenvalue weighted by Gasteiger charge is -1.96. The van der Waals surface area contributed by atoms with Gasteiger partial charge in [-0.1, -0.05) is 0 Å². The molecular weight excluding hydrogens is 231 g/mol. The van der Waals surface area contributed by atoms with Gasteiger partial charge in [0.15, 0.2) is 5.82 Å². The number of hydrogen-bond donors (Lipinski definition) is 1. The van der Waals surface area contributed by atoms with Crippen LogP contribution in [0, 0.1) is 5.82 Å². The quantitative estimate of drug-likeness (QED) is 0.749. The van der Waals surface area contributed by atoms with E-state index in [-0.39, 0.29) is 5.82 Å². The van der Waals surface area contributed by atoms with Gasteiger partial charge in [0.25, 0.3) is 0 Å². The second kappa shape index (κ2) is 4.37. The van der Waals surface area contributed by atoms with E-state index in [1.165, 1.54) is 12.1 Å². The predicted molar refractivity (Wildman–Crippen MR) is 65.0 cm³/mol. The molecule has 2 aromatic heterocycles. The second-order valence-electron chi connectivity index (χ2n) is 3.72. The molecule has 18 heavy (non-hydrogen) atoms. The molecule has 0 aliphatic heterocycles. The van der Waals surface area contributed by atoms with Crippen molar-refractivity contribution in [3.8, 4) is 22.9 Å². The molecule has 88 valence electrons. The van der Waals surface area contributed by atoms with E-state index in [1.54, 1.807) is 36.8 Å². The SMILES string of the molecule is Fc1ccc(-c2ncc(-c3ncccn3)[nH]2)cc1. The number of nitrogens with zero attached hydrogens (tertiary/aromatic N) is 3. The standard InChI is InChI=1S/C13H9FN4/c14-10-4-2-9(3-5-10)12-17-8-11(18-12)13-15-6-1-7-16-13/h1-8H,(H,17,18). The fourth-order valence-corrected chi connectivity index (χ4v) is 1.63. The summed E-state index contributed by atoms with van der Waals surface area (Å²) in [7, 11) is 0. The summed E-state index contributed by atoms with van der Waals surface area (Å²) in [4.78, 5) is 15.6. The number of H-pyrrole nitrogens is 1.